The Hall–Kier alpha value is -8.37. The summed E-state index contributed by atoms with van der Waals surface area (Å²) in [5.41, 5.74) is 19.7. The Balaban J connectivity index is 1.04. The van der Waals surface area contributed by atoms with Crippen molar-refractivity contribution in [3.8, 4) is 44.9 Å². The SMILES string of the molecule is c1ccc(-c2ccc(N(c3ccc4c(c3)C3(c5ccccc5Sc5ccccc53)c3ccc5ccccc5c3-4)c3cccc4c3-c3ccccc3C43c4ccccc4Oc4ccccc43)cc2)cc1. The van der Waals surface area contributed by atoms with Crippen molar-refractivity contribution in [2.24, 2.45) is 0 Å². The average Bonchev–Trinajstić information content (AvgIpc) is 3.88. The number of benzene rings is 11. The molecule has 2 heterocycles. The summed E-state index contributed by atoms with van der Waals surface area (Å²) in [6.45, 7) is 0. The number of para-hydroxylation sites is 2. The van der Waals surface area contributed by atoms with Crippen LogP contribution in [0, 0.1) is 0 Å². The molecule has 0 fully saturated rings. The highest BCUT2D eigenvalue weighted by Gasteiger charge is 2.53. The largest absolute Gasteiger partial charge is 0.457 e. The van der Waals surface area contributed by atoms with Gasteiger partial charge in [-0.1, -0.05) is 206 Å². The van der Waals surface area contributed by atoms with Crippen molar-refractivity contribution in [1.29, 1.82) is 0 Å². The Kier molecular flexibility index (Phi) is 8.17. The maximum atomic E-state index is 6.75. The first kappa shape index (κ1) is 38.7. The van der Waals surface area contributed by atoms with Gasteiger partial charge in [0.15, 0.2) is 0 Å². The van der Waals surface area contributed by atoms with Gasteiger partial charge in [-0.3, -0.25) is 0 Å². The Labute approximate surface area is 405 Å². The first-order valence-corrected chi connectivity index (χ1v) is 24.6. The monoisotopic (exact) mass is 895 g/mol. The molecule has 0 atom stereocenters. The fourth-order valence-corrected chi connectivity index (χ4v) is 13.9. The summed E-state index contributed by atoms with van der Waals surface area (Å²) in [5, 5.41) is 2.53. The second kappa shape index (κ2) is 14.6. The molecule has 2 aliphatic carbocycles. The number of hydrogen-bond donors (Lipinski definition) is 0. The van der Waals surface area contributed by atoms with E-state index in [1.54, 1.807) is 0 Å². The average molecular weight is 896 g/mol. The zero-order valence-electron chi connectivity index (χ0n) is 37.4. The van der Waals surface area contributed by atoms with Crippen LogP contribution in [0.25, 0.3) is 44.2 Å². The lowest BCUT2D eigenvalue weighted by atomic mass is 9.66. The molecule has 2 spiro atoms. The molecule has 2 aliphatic heterocycles. The van der Waals surface area contributed by atoms with E-state index in [0.29, 0.717) is 0 Å². The summed E-state index contributed by atoms with van der Waals surface area (Å²) in [4.78, 5) is 5.12. The van der Waals surface area contributed by atoms with Crippen molar-refractivity contribution in [2.75, 3.05) is 4.90 Å². The Morgan fingerprint density at radius 3 is 1.61 bits per heavy atom. The highest BCUT2D eigenvalue weighted by atomic mass is 32.2. The van der Waals surface area contributed by atoms with Crippen molar-refractivity contribution in [1.82, 2.24) is 0 Å². The van der Waals surface area contributed by atoms with E-state index in [-0.39, 0.29) is 0 Å². The van der Waals surface area contributed by atoms with Gasteiger partial charge in [0.05, 0.1) is 16.5 Å². The van der Waals surface area contributed by atoms with Gasteiger partial charge in [-0.05, 0) is 127 Å². The predicted molar refractivity (Wildman–Crippen MR) is 283 cm³/mol. The van der Waals surface area contributed by atoms with Crippen LogP contribution in [0.1, 0.15) is 44.5 Å². The van der Waals surface area contributed by atoms with Gasteiger partial charge in [-0.25, -0.2) is 0 Å². The minimum Gasteiger partial charge on any atom is -0.457 e. The maximum absolute atomic E-state index is 6.75. The lowest BCUT2D eigenvalue weighted by Crippen LogP contribution is -2.32. The normalized spacial score (nSPS) is 14.4. The van der Waals surface area contributed by atoms with Gasteiger partial charge in [0, 0.05) is 37.9 Å². The maximum Gasteiger partial charge on any atom is 0.132 e. The lowest BCUT2D eigenvalue weighted by molar-refractivity contribution is 0.436. The van der Waals surface area contributed by atoms with E-state index in [4.69, 9.17) is 4.74 Å². The smallest absolute Gasteiger partial charge is 0.132 e. The van der Waals surface area contributed by atoms with Crippen LogP contribution in [-0.2, 0) is 10.8 Å². The number of anilines is 3. The van der Waals surface area contributed by atoms with Crippen LogP contribution < -0.4 is 9.64 Å². The number of ether oxygens (including phenoxy) is 1. The highest BCUT2D eigenvalue weighted by Crippen LogP contribution is 2.66. The predicted octanol–water partition coefficient (Wildman–Crippen LogP) is 17.3. The molecular formula is C66H41NOS. The summed E-state index contributed by atoms with van der Waals surface area (Å²) in [5.74, 6) is 1.78. The summed E-state index contributed by atoms with van der Waals surface area (Å²) in [6.07, 6.45) is 0. The first-order chi connectivity index (χ1) is 34.2. The van der Waals surface area contributed by atoms with Crippen molar-refractivity contribution in [3.63, 3.8) is 0 Å². The van der Waals surface area contributed by atoms with E-state index in [9.17, 15) is 0 Å². The van der Waals surface area contributed by atoms with E-state index in [1.165, 1.54) is 87.3 Å². The molecule has 69 heavy (non-hydrogen) atoms. The molecule has 0 amide bonds. The molecule has 3 heteroatoms. The standard InChI is InChI=1S/C66H41NOS/c1-2-17-42(18-3-1)43-33-36-45(37-34-43)67(58-28-16-27-55-64(58)48-21-6-7-22-50(48)65(55)51-23-8-12-29-59(51)68-60-30-13-9-24-52(60)65)46-38-39-49-57(41-46)66(56-40-35-44-19-4-5-20-47(44)63(49)56)53-25-10-14-31-61(53)69-62-32-15-11-26-54(62)66/h1-41H. The molecule has 0 saturated carbocycles. The second-order valence-electron chi connectivity index (χ2n) is 18.6. The molecule has 0 aromatic heterocycles. The fourth-order valence-electron chi connectivity index (χ4n) is 12.7. The Morgan fingerprint density at radius 1 is 0.333 bits per heavy atom. The van der Waals surface area contributed by atoms with Gasteiger partial charge in [0.2, 0.25) is 0 Å². The molecule has 0 bridgehead atoms. The molecule has 2 nitrogen and oxygen atoms in total. The van der Waals surface area contributed by atoms with Gasteiger partial charge in [-0.2, -0.15) is 0 Å². The van der Waals surface area contributed by atoms with Gasteiger partial charge in [0.25, 0.3) is 0 Å². The van der Waals surface area contributed by atoms with Gasteiger partial charge in [-0.15, -0.1) is 0 Å². The van der Waals surface area contributed by atoms with Crippen molar-refractivity contribution >= 4 is 39.6 Å². The molecule has 322 valence electrons. The van der Waals surface area contributed by atoms with Crippen LogP contribution in [0.4, 0.5) is 17.1 Å². The molecule has 0 unspecified atom stereocenters. The molecule has 0 radical (unpaired) electrons. The number of nitrogens with zero attached hydrogens (tertiary/aromatic N) is 1. The van der Waals surface area contributed by atoms with Gasteiger partial charge < -0.3 is 9.64 Å². The van der Waals surface area contributed by atoms with Crippen LogP contribution in [0.2, 0.25) is 0 Å². The van der Waals surface area contributed by atoms with Crippen LogP contribution in [-0.4, -0.2) is 0 Å². The van der Waals surface area contributed by atoms with Crippen molar-refractivity contribution in [3.05, 3.63) is 293 Å². The number of rotatable bonds is 4. The molecule has 0 N–H and O–H groups in total. The zero-order chi connectivity index (χ0) is 45.3. The Bertz CT molecular complexity index is 3840. The topological polar surface area (TPSA) is 12.5 Å². The first-order valence-electron chi connectivity index (χ1n) is 23.8. The van der Waals surface area contributed by atoms with Crippen LogP contribution in [0.15, 0.2) is 259 Å². The van der Waals surface area contributed by atoms with Gasteiger partial charge >= 0.3 is 0 Å². The molecule has 11 aromatic carbocycles. The van der Waals surface area contributed by atoms with E-state index in [1.807, 2.05) is 11.8 Å². The minimum atomic E-state index is -0.603. The van der Waals surface area contributed by atoms with Crippen molar-refractivity contribution < 1.29 is 4.74 Å². The quantitative estimate of drug-likeness (QED) is 0.175. The third-order valence-corrected chi connectivity index (χ3v) is 16.5. The number of hydrogen-bond acceptors (Lipinski definition) is 3. The van der Waals surface area contributed by atoms with Crippen LogP contribution in [0.5, 0.6) is 11.5 Å². The third kappa shape index (κ3) is 5.17. The minimum absolute atomic E-state index is 0.559. The molecule has 0 saturated heterocycles. The van der Waals surface area contributed by atoms with E-state index < -0.39 is 10.8 Å². The summed E-state index contributed by atoms with van der Waals surface area (Å²) in [6, 6.07) is 92.4. The molecule has 4 aliphatic rings. The summed E-state index contributed by atoms with van der Waals surface area (Å²) >= 11 is 1.89. The summed E-state index contributed by atoms with van der Waals surface area (Å²) < 4.78 is 6.75. The van der Waals surface area contributed by atoms with Crippen LogP contribution in [0.3, 0.4) is 0 Å². The second-order valence-corrected chi connectivity index (χ2v) is 19.7. The molecule has 15 rings (SSSR count). The Morgan fingerprint density at radius 2 is 0.870 bits per heavy atom. The molecular weight excluding hydrogens is 855 g/mol. The van der Waals surface area contributed by atoms with Gasteiger partial charge in [0.1, 0.15) is 11.5 Å². The number of fused-ring (bicyclic) bond motifs is 20. The molecule has 11 aromatic rings. The van der Waals surface area contributed by atoms with E-state index in [2.05, 4.69) is 254 Å². The third-order valence-electron chi connectivity index (χ3n) is 15.4. The lowest BCUT2D eigenvalue weighted by Gasteiger charge is -2.40. The summed E-state index contributed by atoms with van der Waals surface area (Å²) in [7, 11) is 0. The van der Waals surface area contributed by atoms with Crippen molar-refractivity contribution in [2.45, 2.75) is 20.6 Å². The fraction of sp³-hybridized carbons (Fsp3) is 0.0303. The van der Waals surface area contributed by atoms with E-state index >= 15 is 0 Å². The highest BCUT2D eigenvalue weighted by molar-refractivity contribution is 7.99. The van der Waals surface area contributed by atoms with Crippen LogP contribution >= 0.6 is 11.8 Å². The van der Waals surface area contributed by atoms with E-state index in [0.717, 1.165) is 39.7 Å². The zero-order valence-corrected chi connectivity index (χ0v) is 38.3.